The van der Waals surface area contributed by atoms with Crippen molar-refractivity contribution in [2.24, 2.45) is 5.92 Å². The van der Waals surface area contributed by atoms with Gasteiger partial charge in [-0.1, -0.05) is 25.2 Å². The average Bonchev–Trinajstić information content (AvgIpc) is 3.46. The molecule has 2 rings (SSSR count). The number of ketones is 1. The van der Waals surface area contributed by atoms with E-state index < -0.39 is 31.6 Å². The molecule has 1 atom stereocenters. The number of esters is 2. The Morgan fingerprint density at radius 3 is 2.36 bits per heavy atom. The van der Waals surface area contributed by atoms with Crippen molar-refractivity contribution in [1.29, 1.82) is 0 Å². The highest BCUT2D eigenvalue weighted by Gasteiger charge is 2.42. The van der Waals surface area contributed by atoms with Crippen molar-refractivity contribution < 1.29 is 37.4 Å². The Morgan fingerprint density at radius 2 is 1.78 bits per heavy atom. The van der Waals surface area contributed by atoms with Crippen LogP contribution in [-0.2, 0) is 28.2 Å². The third-order valence-electron chi connectivity index (χ3n) is 5.22. The van der Waals surface area contributed by atoms with Gasteiger partial charge in [0.05, 0.1) is 13.2 Å². The van der Waals surface area contributed by atoms with E-state index in [0.717, 1.165) is 11.3 Å². The molecule has 11 nitrogen and oxygen atoms in total. The Labute approximate surface area is 214 Å². The van der Waals surface area contributed by atoms with Crippen LogP contribution in [0.15, 0.2) is 16.5 Å². The number of nitrogens with two attached hydrogens (primary N) is 1. The van der Waals surface area contributed by atoms with E-state index >= 15 is 0 Å². The predicted octanol–water partition coefficient (Wildman–Crippen LogP) is 3.93. The van der Waals surface area contributed by atoms with Crippen molar-refractivity contribution in [1.82, 2.24) is 10.1 Å². The number of thiazole rings is 1. The molecule has 0 saturated carbocycles. The molecule has 2 aromatic heterocycles. The van der Waals surface area contributed by atoms with Gasteiger partial charge < -0.3 is 24.1 Å². The molecule has 2 aromatic rings. The molecule has 1 unspecified atom stereocenters. The molecule has 0 fully saturated rings. The molecule has 0 spiro atoms. The smallest absolute Gasteiger partial charge is 0.335 e. The summed E-state index contributed by atoms with van der Waals surface area (Å²) in [5, 5.41) is 2.84. The second-order valence-corrected chi connectivity index (χ2v) is 11.4. The number of hydrogen-bond acceptors (Lipinski definition) is 11. The summed E-state index contributed by atoms with van der Waals surface area (Å²) in [5.41, 5.74) is 4.48. The van der Waals surface area contributed by atoms with Crippen molar-refractivity contribution >= 4 is 47.2 Å². The van der Waals surface area contributed by atoms with Gasteiger partial charge in [0.2, 0.25) is 5.50 Å². The van der Waals surface area contributed by atoms with Crippen molar-refractivity contribution in [3.05, 3.63) is 17.0 Å². The van der Waals surface area contributed by atoms with Gasteiger partial charge in [0, 0.05) is 5.92 Å². The van der Waals surface area contributed by atoms with Gasteiger partial charge in [-0.2, -0.15) is 0 Å². The zero-order chi connectivity index (χ0) is 27.1. The van der Waals surface area contributed by atoms with Crippen LogP contribution in [0.3, 0.4) is 0 Å². The maximum atomic E-state index is 14.0. The molecule has 3 N–H and O–H groups in total. The molecule has 0 aromatic carbocycles. The van der Waals surface area contributed by atoms with Gasteiger partial charge in [-0.15, -0.1) is 0 Å². The van der Waals surface area contributed by atoms with Crippen molar-refractivity contribution in [3.8, 4) is 11.5 Å². The average molecular weight is 544 g/mol. The van der Waals surface area contributed by atoms with Gasteiger partial charge in [-0.25, -0.2) is 14.9 Å². The summed E-state index contributed by atoms with van der Waals surface area (Å²) in [7, 11) is -4.17. The second-order valence-electron chi connectivity index (χ2n) is 8.33. The van der Waals surface area contributed by atoms with Crippen LogP contribution >= 0.6 is 18.9 Å². The first kappa shape index (κ1) is 29.7. The number of carbonyl (C=O) groups excluding carboxylic acids is 3. The molecule has 2 heterocycles. The maximum absolute atomic E-state index is 14.0. The summed E-state index contributed by atoms with van der Waals surface area (Å²) >= 11 is 1.05. The largest absolute Gasteiger partial charge is 0.465 e. The number of ether oxygens (including phenoxy) is 2. The number of rotatable bonds is 14. The minimum atomic E-state index is -4.17. The SMILES string of the molecule is CCOC(=O)COP(=O)(NC(C)(C)C(=O)OCC)c1ccc(-c2nc(N)sc2C(=O)C(CC)CC)o1. The molecule has 0 bridgehead atoms. The number of carbonyl (C=O) groups is 3. The lowest BCUT2D eigenvalue weighted by atomic mass is 9.96. The quantitative estimate of drug-likeness (QED) is 0.202. The first-order valence-corrected chi connectivity index (χ1v) is 14.1. The summed E-state index contributed by atoms with van der Waals surface area (Å²) in [5.74, 6) is -1.59. The third kappa shape index (κ3) is 7.03. The Bertz CT molecular complexity index is 1120. The highest BCUT2D eigenvalue weighted by Crippen LogP contribution is 2.45. The summed E-state index contributed by atoms with van der Waals surface area (Å²) in [4.78, 5) is 42.0. The number of aromatic nitrogens is 1. The monoisotopic (exact) mass is 543 g/mol. The molecule has 36 heavy (non-hydrogen) atoms. The minimum absolute atomic E-state index is 0.106. The van der Waals surface area contributed by atoms with E-state index in [-0.39, 0.29) is 47.0 Å². The van der Waals surface area contributed by atoms with Crippen LogP contribution in [-0.4, -0.2) is 48.1 Å². The Hall–Kier alpha value is -2.53. The summed E-state index contributed by atoms with van der Waals surface area (Å²) in [6.07, 6.45) is 1.31. The maximum Gasteiger partial charge on any atom is 0.335 e. The zero-order valence-electron chi connectivity index (χ0n) is 21.4. The molecule has 0 amide bonds. The standard InChI is InChI=1S/C23H34N3O8PS/c1-7-14(8-2)19(28)20-18(25-22(24)36-20)15-11-12-17(34-15)35(30,33-13-16(27)31-9-3)26-23(5,6)21(29)32-10-4/h11-12,14H,7-10,13H2,1-6H3,(H2,24,25)(H,26,30). The highest BCUT2D eigenvalue weighted by atomic mass is 32.1. The van der Waals surface area contributed by atoms with Gasteiger partial charge in [0.1, 0.15) is 16.1 Å². The van der Waals surface area contributed by atoms with Gasteiger partial charge in [-0.05, 0) is 52.7 Å². The van der Waals surface area contributed by atoms with E-state index in [1.54, 1.807) is 13.8 Å². The van der Waals surface area contributed by atoms with Crippen molar-refractivity contribution in [3.63, 3.8) is 0 Å². The number of anilines is 1. The molecule has 0 aliphatic rings. The molecule has 0 saturated heterocycles. The van der Waals surface area contributed by atoms with Crippen LogP contribution in [0, 0.1) is 5.92 Å². The molecule has 0 aliphatic heterocycles. The van der Waals surface area contributed by atoms with E-state index in [1.807, 2.05) is 13.8 Å². The first-order valence-electron chi connectivity index (χ1n) is 11.7. The van der Waals surface area contributed by atoms with Gasteiger partial charge in [0.15, 0.2) is 23.3 Å². The molecule has 200 valence electrons. The van der Waals surface area contributed by atoms with E-state index in [4.69, 9.17) is 24.1 Å². The van der Waals surface area contributed by atoms with E-state index in [0.29, 0.717) is 17.7 Å². The minimum Gasteiger partial charge on any atom is -0.465 e. The van der Waals surface area contributed by atoms with E-state index in [9.17, 15) is 18.9 Å². The fourth-order valence-electron chi connectivity index (χ4n) is 3.35. The number of furan rings is 1. The van der Waals surface area contributed by atoms with Crippen LogP contribution in [0.2, 0.25) is 0 Å². The van der Waals surface area contributed by atoms with E-state index in [2.05, 4.69) is 10.1 Å². The highest BCUT2D eigenvalue weighted by molar-refractivity contribution is 7.64. The van der Waals surface area contributed by atoms with Crippen molar-refractivity contribution in [2.45, 2.75) is 59.9 Å². The topological polar surface area (TPSA) is 160 Å². The summed E-state index contributed by atoms with van der Waals surface area (Å²) < 4.78 is 35.2. The molecule has 13 heteroatoms. The number of hydrogen-bond donors (Lipinski definition) is 2. The van der Waals surface area contributed by atoms with Crippen LogP contribution in [0.5, 0.6) is 0 Å². The number of nitrogens with zero attached hydrogens (tertiary/aromatic N) is 1. The zero-order valence-corrected chi connectivity index (χ0v) is 23.1. The van der Waals surface area contributed by atoms with Crippen molar-refractivity contribution in [2.75, 3.05) is 25.6 Å². The van der Waals surface area contributed by atoms with Gasteiger partial charge >= 0.3 is 19.5 Å². The normalized spacial score (nSPS) is 13.4. The number of nitrogens with one attached hydrogen (secondary N) is 1. The lowest BCUT2D eigenvalue weighted by Gasteiger charge is -2.28. The lowest BCUT2D eigenvalue weighted by molar-refractivity contribution is -0.149. The first-order chi connectivity index (χ1) is 16.9. The number of nitrogen functional groups attached to an aromatic ring is 1. The van der Waals surface area contributed by atoms with Crippen LogP contribution < -0.4 is 16.3 Å². The van der Waals surface area contributed by atoms with E-state index in [1.165, 1.54) is 26.0 Å². The van der Waals surface area contributed by atoms with Gasteiger partial charge in [-0.3, -0.25) is 14.2 Å². The Morgan fingerprint density at radius 1 is 1.14 bits per heavy atom. The molecular formula is C23H34N3O8PS. The molecule has 0 aliphatic carbocycles. The van der Waals surface area contributed by atoms with Gasteiger partial charge in [0.25, 0.3) is 0 Å². The molecular weight excluding hydrogens is 509 g/mol. The van der Waals surface area contributed by atoms with Crippen LogP contribution in [0.1, 0.15) is 64.1 Å². The lowest BCUT2D eigenvalue weighted by Crippen LogP contribution is -2.47. The fraction of sp³-hybridized carbons (Fsp3) is 0.565. The van der Waals surface area contributed by atoms with Crippen LogP contribution in [0.4, 0.5) is 5.13 Å². The Kier molecular flexibility index (Phi) is 10.4. The summed E-state index contributed by atoms with van der Waals surface area (Å²) in [6.45, 7) is 9.60. The Balaban J connectivity index is 2.49. The fourth-order valence-corrected chi connectivity index (χ4v) is 6.11. The predicted molar refractivity (Wildman–Crippen MR) is 136 cm³/mol. The molecule has 0 radical (unpaired) electrons. The summed E-state index contributed by atoms with van der Waals surface area (Å²) in [6, 6.07) is 2.85. The second kappa shape index (κ2) is 12.6. The van der Waals surface area contributed by atoms with Crippen LogP contribution in [0.25, 0.3) is 11.5 Å². The number of Topliss-reactive ketones (excluding diaryl/α,β-unsaturated/α-hetero) is 1. The third-order valence-corrected chi connectivity index (χ3v) is 8.29.